The van der Waals surface area contributed by atoms with Gasteiger partial charge >= 0.3 is 0 Å². The lowest BCUT2D eigenvalue weighted by Crippen LogP contribution is -2.59. The molecule has 2 aliphatic rings. The Hall–Kier alpha value is -2.12. The van der Waals surface area contributed by atoms with Crippen molar-refractivity contribution in [2.75, 3.05) is 32.5 Å². The number of aryl methyl sites for hydroxylation is 1. The number of likely N-dealkylation sites (tertiary alicyclic amines) is 1. The molecule has 0 unspecified atom stereocenters. The molecule has 1 saturated heterocycles. The van der Waals surface area contributed by atoms with Crippen LogP contribution in [-0.4, -0.2) is 70.3 Å². The summed E-state index contributed by atoms with van der Waals surface area (Å²) in [6.45, 7) is 0.993. The normalized spacial score (nSPS) is 25.2. The van der Waals surface area contributed by atoms with E-state index in [0.717, 1.165) is 5.82 Å². The van der Waals surface area contributed by atoms with Crippen molar-refractivity contribution >= 4 is 17.6 Å². The smallest absolute Gasteiger partial charge is 0.247 e. The van der Waals surface area contributed by atoms with E-state index in [1.54, 1.807) is 34.8 Å². The Morgan fingerprint density at radius 1 is 1.32 bits per heavy atom. The number of nitrogens with one attached hydrogen (secondary N) is 1. The predicted molar refractivity (Wildman–Crippen MR) is 91.7 cm³/mol. The van der Waals surface area contributed by atoms with Gasteiger partial charge in [0.05, 0.1) is 6.20 Å². The van der Waals surface area contributed by atoms with Gasteiger partial charge in [-0.05, 0) is 25.7 Å². The molecule has 1 aromatic heterocycles. The number of piperidine rings is 1. The number of amides is 2. The first-order valence-corrected chi connectivity index (χ1v) is 8.73. The molecule has 0 radical (unpaired) electrons. The molecule has 3 rings (SSSR count). The summed E-state index contributed by atoms with van der Waals surface area (Å²) in [4.78, 5) is 28.7. The van der Waals surface area contributed by atoms with Gasteiger partial charge in [-0.2, -0.15) is 5.10 Å². The van der Waals surface area contributed by atoms with Crippen LogP contribution in [0.4, 0.5) is 10.2 Å². The highest BCUT2D eigenvalue weighted by molar-refractivity contribution is 5.89. The van der Waals surface area contributed by atoms with Crippen molar-refractivity contribution in [2.24, 2.45) is 13.0 Å². The van der Waals surface area contributed by atoms with Crippen molar-refractivity contribution in [3.63, 3.8) is 0 Å². The Morgan fingerprint density at radius 2 is 1.96 bits per heavy atom. The van der Waals surface area contributed by atoms with E-state index in [0.29, 0.717) is 38.8 Å². The molecule has 0 aromatic carbocycles. The summed E-state index contributed by atoms with van der Waals surface area (Å²) in [5, 5.41) is 7.50. The van der Waals surface area contributed by atoms with Crippen LogP contribution in [0.15, 0.2) is 12.3 Å². The van der Waals surface area contributed by atoms with Gasteiger partial charge in [0.15, 0.2) is 0 Å². The van der Waals surface area contributed by atoms with Gasteiger partial charge in [0.1, 0.15) is 17.5 Å². The van der Waals surface area contributed by atoms with Gasteiger partial charge in [-0.3, -0.25) is 14.3 Å². The summed E-state index contributed by atoms with van der Waals surface area (Å²) >= 11 is 0. The van der Waals surface area contributed by atoms with Gasteiger partial charge in [-0.15, -0.1) is 0 Å². The van der Waals surface area contributed by atoms with Crippen LogP contribution in [0.1, 0.15) is 25.7 Å². The SMILES string of the molecule is CN(C)C(=O)C1(Nc2ccnn2C)CCN(C(=O)C2CC(F)C2)CC1. The van der Waals surface area contributed by atoms with Crippen molar-refractivity contribution < 1.29 is 14.0 Å². The van der Waals surface area contributed by atoms with Gasteiger partial charge in [-0.25, -0.2) is 4.39 Å². The highest BCUT2D eigenvalue weighted by Gasteiger charge is 2.45. The van der Waals surface area contributed by atoms with Crippen LogP contribution in [0.2, 0.25) is 0 Å². The molecule has 1 aliphatic carbocycles. The molecule has 2 heterocycles. The van der Waals surface area contributed by atoms with Crippen molar-refractivity contribution in [1.82, 2.24) is 19.6 Å². The molecule has 8 heteroatoms. The fourth-order valence-electron chi connectivity index (χ4n) is 3.68. The molecule has 7 nitrogen and oxygen atoms in total. The van der Waals surface area contributed by atoms with Gasteiger partial charge in [0, 0.05) is 46.2 Å². The number of rotatable bonds is 4. The van der Waals surface area contributed by atoms with Crippen LogP contribution < -0.4 is 5.32 Å². The van der Waals surface area contributed by atoms with Crippen LogP contribution in [0.5, 0.6) is 0 Å². The molecular weight excluding hydrogens is 325 g/mol. The number of anilines is 1. The summed E-state index contributed by atoms with van der Waals surface area (Å²) in [6.07, 6.45) is 2.56. The summed E-state index contributed by atoms with van der Waals surface area (Å²) in [5.41, 5.74) is -0.754. The maximum absolute atomic E-state index is 13.0. The first-order valence-electron chi connectivity index (χ1n) is 8.73. The van der Waals surface area contributed by atoms with E-state index in [4.69, 9.17) is 0 Å². The lowest BCUT2D eigenvalue weighted by atomic mass is 9.80. The van der Waals surface area contributed by atoms with Crippen LogP contribution in [0, 0.1) is 5.92 Å². The second-order valence-corrected chi connectivity index (χ2v) is 7.34. The van der Waals surface area contributed by atoms with E-state index in [1.807, 2.05) is 13.1 Å². The number of alkyl halides is 1. The molecule has 0 atom stereocenters. The molecule has 0 bridgehead atoms. The van der Waals surface area contributed by atoms with E-state index < -0.39 is 11.7 Å². The topological polar surface area (TPSA) is 70.5 Å². The zero-order valence-electron chi connectivity index (χ0n) is 15.0. The Bertz CT molecular complexity index is 645. The van der Waals surface area contributed by atoms with Crippen molar-refractivity contribution in [3.05, 3.63) is 12.3 Å². The minimum Gasteiger partial charge on any atom is -0.356 e. The first kappa shape index (κ1) is 17.7. The lowest BCUT2D eigenvalue weighted by Gasteiger charge is -2.44. The predicted octanol–water partition coefficient (Wildman–Crippen LogP) is 1.03. The van der Waals surface area contributed by atoms with Gasteiger partial charge in [-0.1, -0.05) is 0 Å². The summed E-state index contributed by atoms with van der Waals surface area (Å²) in [6, 6.07) is 1.83. The molecule has 2 amide bonds. The highest BCUT2D eigenvalue weighted by Crippen LogP contribution is 2.34. The molecule has 1 aromatic rings. The number of hydrogen-bond acceptors (Lipinski definition) is 4. The van der Waals surface area contributed by atoms with Crippen LogP contribution >= 0.6 is 0 Å². The maximum Gasteiger partial charge on any atom is 0.247 e. The third-order valence-electron chi connectivity index (χ3n) is 5.36. The number of likely N-dealkylation sites (N-methyl/N-ethyl adjacent to an activating group) is 1. The largest absolute Gasteiger partial charge is 0.356 e. The minimum atomic E-state index is -0.834. The number of nitrogens with zero attached hydrogens (tertiary/aromatic N) is 4. The molecule has 1 aliphatic heterocycles. The zero-order chi connectivity index (χ0) is 18.2. The third kappa shape index (κ3) is 3.34. The number of carbonyl (C=O) groups excluding carboxylic acids is 2. The fraction of sp³-hybridized carbons (Fsp3) is 0.706. The number of hydrogen-bond donors (Lipinski definition) is 1. The summed E-state index contributed by atoms with van der Waals surface area (Å²) in [7, 11) is 5.30. The molecule has 1 N–H and O–H groups in total. The quantitative estimate of drug-likeness (QED) is 0.880. The second-order valence-electron chi connectivity index (χ2n) is 7.34. The van der Waals surface area contributed by atoms with E-state index in [1.165, 1.54) is 0 Å². The van der Waals surface area contributed by atoms with E-state index in [-0.39, 0.29) is 17.7 Å². The Morgan fingerprint density at radius 3 is 2.44 bits per heavy atom. The standard InChI is InChI=1S/C17H26FN5O2/c1-21(2)16(25)17(20-14-4-7-19-22(14)3)5-8-23(9-6-17)15(24)12-10-13(18)11-12/h4,7,12-13,20H,5-6,8-11H2,1-3H3. The minimum absolute atomic E-state index is 0.00624. The summed E-state index contributed by atoms with van der Waals surface area (Å²) in [5.74, 6) is 0.611. The Kier molecular flexibility index (Phi) is 4.71. The van der Waals surface area contributed by atoms with Gasteiger partial charge < -0.3 is 15.1 Å². The number of carbonyl (C=O) groups is 2. The third-order valence-corrected chi connectivity index (χ3v) is 5.36. The van der Waals surface area contributed by atoms with E-state index in [9.17, 15) is 14.0 Å². The molecule has 25 heavy (non-hydrogen) atoms. The molecule has 2 fully saturated rings. The number of aromatic nitrogens is 2. The van der Waals surface area contributed by atoms with Crippen molar-refractivity contribution in [2.45, 2.75) is 37.4 Å². The fourth-order valence-corrected chi connectivity index (χ4v) is 3.68. The molecular formula is C17H26FN5O2. The first-order chi connectivity index (χ1) is 11.8. The molecule has 138 valence electrons. The van der Waals surface area contributed by atoms with Crippen LogP contribution in [0.25, 0.3) is 0 Å². The van der Waals surface area contributed by atoms with E-state index >= 15 is 0 Å². The monoisotopic (exact) mass is 351 g/mol. The Labute approximate surface area is 147 Å². The van der Waals surface area contributed by atoms with Gasteiger partial charge in [0.2, 0.25) is 11.8 Å². The molecule has 1 saturated carbocycles. The second kappa shape index (κ2) is 6.65. The van der Waals surface area contributed by atoms with Crippen molar-refractivity contribution in [1.29, 1.82) is 0 Å². The van der Waals surface area contributed by atoms with Gasteiger partial charge in [0.25, 0.3) is 0 Å². The average Bonchev–Trinajstić information content (AvgIpc) is 2.96. The van der Waals surface area contributed by atoms with E-state index in [2.05, 4.69) is 10.4 Å². The maximum atomic E-state index is 13.0. The van der Waals surface area contributed by atoms with Crippen LogP contribution in [-0.2, 0) is 16.6 Å². The lowest BCUT2D eigenvalue weighted by molar-refractivity contribution is -0.145. The summed E-state index contributed by atoms with van der Waals surface area (Å²) < 4.78 is 14.7. The van der Waals surface area contributed by atoms with Crippen LogP contribution in [0.3, 0.4) is 0 Å². The molecule has 0 spiro atoms. The zero-order valence-corrected chi connectivity index (χ0v) is 15.0. The number of halogens is 1. The highest BCUT2D eigenvalue weighted by atomic mass is 19.1. The average molecular weight is 351 g/mol. The van der Waals surface area contributed by atoms with Crippen molar-refractivity contribution in [3.8, 4) is 0 Å². The Balaban J connectivity index is 1.71.